The molecule has 1 aliphatic rings. The molecule has 1 aromatic carbocycles. The van der Waals surface area contributed by atoms with E-state index in [0.29, 0.717) is 6.04 Å². The van der Waals surface area contributed by atoms with E-state index >= 15 is 0 Å². The molecule has 96 valence electrons. The number of rotatable bonds is 4. The summed E-state index contributed by atoms with van der Waals surface area (Å²) in [5, 5.41) is 3.48. The van der Waals surface area contributed by atoms with Crippen LogP contribution in [0.4, 0.5) is 0 Å². The molecule has 0 heterocycles. The molecule has 3 heteroatoms. The largest absolute Gasteiger partial charge is 0.458 e. The van der Waals surface area contributed by atoms with Crippen LogP contribution in [0.3, 0.4) is 0 Å². The molecule has 1 aliphatic carbocycles. The van der Waals surface area contributed by atoms with Crippen molar-refractivity contribution < 1.29 is 9.53 Å². The Morgan fingerprint density at radius 3 is 2.67 bits per heavy atom. The zero-order valence-electron chi connectivity index (χ0n) is 10.6. The van der Waals surface area contributed by atoms with Gasteiger partial charge in [0.1, 0.15) is 6.10 Å². The van der Waals surface area contributed by atoms with Gasteiger partial charge in [0.2, 0.25) is 0 Å². The summed E-state index contributed by atoms with van der Waals surface area (Å²) >= 11 is 0. The van der Waals surface area contributed by atoms with Crippen LogP contribution in [-0.4, -0.2) is 18.1 Å². The average molecular weight is 245 g/mol. The van der Waals surface area contributed by atoms with Crippen LogP contribution in [0.5, 0.6) is 0 Å². The molecule has 0 bridgehead atoms. The summed E-state index contributed by atoms with van der Waals surface area (Å²) in [5.41, 5.74) is 1.29. The molecule has 1 N–H and O–H groups in total. The van der Waals surface area contributed by atoms with Crippen LogP contribution >= 0.6 is 0 Å². The third kappa shape index (κ3) is 4.00. The van der Waals surface area contributed by atoms with Crippen LogP contribution in [0.25, 0.3) is 0 Å². The average Bonchev–Trinajstić information content (AvgIpc) is 2.38. The molecule has 0 spiro atoms. The van der Waals surface area contributed by atoms with Crippen LogP contribution in [0.1, 0.15) is 25.3 Å². The van der Waals surface area contributed by atoms with E-state index in [0.717, 1.165) is 19.4 Å². The molecule has 0 aromatic heterocycles. The Kier molecular flexibility index (Phi) is 4.53. The standard InChI is InChI=1S/C15H19NO2/c1-12(17)18-15-9-7-14(8-10-15)16-11-13-5-3-2-4-6-13/h2-7,9,14-16H,8,10-11H2,1H3/t14-,15-/m0/s1. The highest BCUT2D eigenvalue weighted by Gasteiger charge is 2.16. The summed E-state index contributed by atoms with van der Waals surface area (Å²) in [5.74, 6) is -0.208. The molecule has 2 rings (SSSR count). The van der Waals surface area contributed by atoms with E-state index in [-0.39, 0.29) is 12.1 Å². The summed E-state index contributed by atoms with van der Waals surface area (Å²) in [7, 11) is 0. The molecule has 0 fully saturated rings. The van der Waals surface area contributed by atoms with Gasteiger partial charge in [0.15, 0.2) is 0 Å². The molecule has 0 aliphatic heterocycles. The van der Waals surface area contributed by atoms with E-state index in [1.54, 1.807) is 0 Å². The van der Waals surface area contributed by atoms with Gasteiger partial charge in [-0.1, -0.05) is 36.4 Å². The van der Waals surface area contributed by atoms with Gasteiger partial charge in [0.05, 0.1) is 0 Å². The lowest BCUT2D eigenvalue weighted by Gasteiger charge is -2.23. The fourth-order valence-electron chi connectivity index (χ4n) is 2.12. The summed E-state index contributed by atoms with van der Waals surface area (Å²) in [6.07, 6.45) is 5.93. The lowest BCUT2D eigenvalue weighted by molar-refractivity contribution is -0.144. The summed E-state index contributed by atoms with van der Waals surface area (Å²) < 4.78 is 5.15. The summed E-state index contributed by atoms with van der Waals surface area (Å²) in [6.45, 7) is 2.32. The van der Waals surface area contributed by atoms with E-state index in [2.05, 4.69) is 23.5 Å². The topological polar surface area (TPSA) is 38.3 Å². The number of ether oxygens (including phenoxy) is 1. The Bertz CT molecular complexity index is 414. The maximum absolute atomic E-state index is 10.8. The Labute approximate surface area is 108 Å². The molecule has 0 unspecified atom stereocenters. The van der Waals surface area contributed by atoms with E-state index in [9.17, 15) is 4.79 Å². The second kappa shape index (κ2) is 6.36. The first-order chi connectivity index (χ1) is 8.74. The number of esters is 1. The zero-order valence-corrected chi connectivity index (χ0v) is 10.6. The van der Waals surface area contributed by atoms with E-state index in [1.807, 2.05) is 24.3 Å². The fourth-order valence-corrected chi connectivity index (χ4v) is 2.12. The molecule has 3 nitrogen and oxygen atoms in total. The highest BCUT2D eigenvalue weighted by molar-refractivity contribution is 5.66. The second-order valence-corrected chi connectivity index (χ2v) is 4.58. The lowest BCUT2D eigenvalue weighted by atomic mass is 10.00. The minimum atomic E-state index is -0.208. The minimum absolute atomic E-state index is 0.0442. The van der Waals surface area contributed by atoms with Gasteiger partial charge in [-0.15, -0.1) is 0 Å². The van der Waals surface area contributed by atoms with Gasteiger partial charge in [0, 0.05) is 19.5 Å². The maximum atomic E-state index is 10.8. The van der Waals surface area contributed by atoms with Crippen LogP contribution in [0, 0.1) is 0 Å². The van der Waals surface area contributed by atoms with Crippen LogP contribution in [-0.2, 0) is 16.1 Å². The zero-order chi connectivity index (χ0) is 12.8. The summed E-state index contributed by atoms with van der Waals surface area (Å²) in [6, 6.07) is 10.7. The third-order valence-corrected chi connectivity index (χ3v) is 3.05. The van der Waals surface area contributed by atoms with E-state index < -0.39 is 0 Å². The molecule has 0 saturated heterocycles. The minimum Gasteiger partial charge on any atom is -0.458 e. The van der Waals surface area contributed by atoms with Crippen molar-refractivity contribution in [3.05, 3.63) is 48.0 Å². The smallest absolute Gasteiger partial charge is 0.303 e. The highest BCUT2D eigenvalue weighted by atomic mass is 16.5. The second-order valence-electron chi connectivity index (χ2n) is 4.58. The molecule has 0 radical (unpaired) electrons. The summed E-state index contributed by atoms with van der Waals surface area (Å²) in [4.78, 5) is 10.8. The van der Waals surface area contributed by atoms with Crippen LogP contribution < -0.4 is 5.32 Å². The number of carbonyl (C=O) groups is 1. The third-order valence-electron chi connectivity index (χ3n) is 3.05. The molecular weight excluding hydrogens is 226 g/mol. The predicted octanol–water partition coefficient (Wildman–Crippen LogP) is 2.43. The fraction of sp³-hybridized carbons (Fsp3) is 0.400. The number of hydrogen-bond donors (Lipinski definition) is 1. The van der Waals surface area contributed by atoms with Crippen LogP contribution in [0.2, 0.25) is 0 Å². The molecule has 0 saturated carbocycles. The SMILES string of the molecule is CC(=O)O[C@H]1C=C[C@H](NCc2ccccc2)CC1. The maximum Gasteiger partial charge on any atom is 0.303 e. The highest BCUT2D eigenvalue weighted by Crippen LogP contribution is 2.15. The van der Waals surface area contributed by atoms with E-state index in [1.165, 1.54) is 12.5 Å². The molecular formula is C15H19NO2. The van der Waals surface area contributed by atoms with Crippen molar-refractivity contribution in [2.75, 3.05) is 0 Å². The predicted molar refractivity (Wildman–Crippen MR) is 71.0 cm³/mol. The lowest BCUT2D eigenvalue weighted by Crippen LogP contribution is -2.31. The quantitative estimate of drug-likeness (QED) is 0.654. The van der Waals surface area contributed by atoms with Gasteiger partial charge >= 0.3 is 5.97 Å². The number of benzene rings is 1. The first-order valence-corrected chi connectivity index (χ1v) is 6.37. The number of hydrogen-bond acceptors (Lipinski definition) is 3. The van der Waals surface area contributed by atoms with Crippen molar-refractivity contribution in [2.24, 2.45) is 0 Å². The monoisotopic (exact) mass is 245 g/mol. The van der Waals surface area contributed by atoms with Crippen LogP contribution in [0.15, 0.2) is 42.5 Å². The van der Waals surface area contributed by atoms with Crippen molar-refractivity contribution in [1.29, 1.82) is 0 Å². The molecule has 18 heavy (non-hydrogen) atoms. The van der Waals surface area contributed by atoms with Crippen molar-refractivity contribution >= 4 is 5.97 Å². The Hall–Kier alpha value is -1.61. The van der Waals surface area contributed by atoms with Gasteiger partial charge in [-0.3, -0.25) is 4.79 Å². The normalized spacial score (nSPS) is 22.7. The van der Waals surface area contributed by atoms with Gasteiger partial charge in [-0.2, -0.15) is 0 Å². The van der Waals surface area contributed by atoms with Crippen molar-refractivity contribution in [2.45, 2.75) is 38.5 Å². The molecule has 0 amide bonds. The van der Waals surface area contributed by atoms with Crippen molar-refractivity contribution in [1.82, 2.24) is 5.32 Å². The molecule has 1 aromatic rings. The van der Waals surface area contributed by atoms with Gasteiger partial charge in [-0.25, -0.2) is 0 Å². The van der Waals surface area contributed by atoms with E-state index in [4.69, 9.17) is 4.74 Å². The van der Waals surface area contributed by atoms with Crippen molar-refractivity contribution in [3.8, 4) is 0 Å². The van der Waals surface area contributed by atoms with Gasteiger partial charge in [-0.05, 0) is 24.5 Å². The first-order valence-electron chi connectivity index (χ1n) is 6.37. The Morgan fingerprint density at radius 2 is 2.06 bits per heavy atom. The number of nitrogens with one attached hydrogen (secondary N) is 1. The Balaban J connectivity index is 1.77. The van der Waals surface area contributed by atoms with Crippen molar-refractivity contribution in [3.63, 3.8) is 0 Å². The van der Waals surface area contributed by atoms with Gasteiger partial charge < -0.3 is 10.1 Å². The first kappa shape index (κ1) is 12.8. The Morgan fingerprint density at radius 1 is 1.28 bits per heavy atom. The molecule has 2 atom stereocenters. The number of carbonyl (C=O) groups excluding carboxylic acids is 1. The van der Waals surface area contributed by atoms with Gasteiger partial charge in [0.25, 0.3) is 0 Å².